The van der Waals surface area contributed by atoms with E-state index in [2.05, 4.69) is 9.88 Å². The zero-order valence-electron chi connectivity index (χ0n) is 4.62. The molecule has 0 amide bonds. The normalized spacial score (nSPS) is 10.0. The quantitative estimate of drug-likeness (QED) is 0.601. The number of hydrogen-bond donors (Lipinski definition) is 0. The molecule has 37 valence electrons. The van der Waals surface area contributed by atoms with Crippen LogP contribution in [0.5, 0.6) is 0 Å². The molecule has 2 heteroatoms. The first kappa shape index (κ1) is 6.76. The summed E-state index contributed by atoms with van der Waals surface area (Å²) in [7, 11) is 0. The minimum atomic E-state index is -1.12. The molecule has 0 aromatic rings. The Hall–Kier alpha value is 0.759. The molecule has 0 saturated carbocycles. The van der Waals surface area contributed by atoms with Gasteiger partial charge in [0.15, 0.2) is 0 Å². The van der Waals surface area contributed by atoms with E-state index in [0.717, 1.165) is 6.61 Å². The van der Waals surface area contributed by atoms with Gasteiger partial charge in [-0.05, 0) is 0 Å². The first-order valence-electron chi connectivity index (χ1n) is 2.20. The maximum absolute atomic E-state index is 5.24. The van der Waals surface area contributed by atoms with Crippen LogP contribution in [0.2, 0.25) is 9.88 Å². The predicted octanol–water partition coefficient (Wildman–Crippen LogP) is 1.27. The monoisotopic (exact) mass is 195 g/mol. The molecule has 0 atom stereocenters. The van der Waals surface area contributed by atoms with E-state index in [9.17, 15) is 0 Å². The van der Waals surface area contributed by atoms with Gasteiger partial charge in [-0.1, -0.05) is 0 Å². The Kier molecular flexibility index (Phi) is 4.43. The Labute approximate surface area is 47.0 Å². The van der Waals surface area contributed by atoms with E-state index >= 15 is 0 Å². The van der Waals surface area contributed by atoms with E-state index in [4.69, 9.17) is 3.07 Å². The van der Waals surface area contributed by atoms with Gasteiger partial charge in [0.25, 0.3) is 0 Å². The van der Waals surface area contributed by atoms with E-state index in [-0.39, 0.29) is 0 Å². The summed E-state index contributed by atoms with van der Waals surface area (Å²) in [6, 6.07) is 0. The molecule has 0 aromatic carbocycles. The van der Waals surface area contributed by atoms with Crippen LogP contribution in [0.25, 0.3) is 0 Å². The Morgan fingerprint density at radius 3 is 2.00 bits per heavy atom. The van der Waals surface area contributed by atoms with Gasteiger partial charge in [0, 0.05) is 0 Å². The minimum absolute atomic E-state index is 0.918. The third-order valence-electron chi connectivity index (χ3n) is 0.433. The van der Waals surface area contributed by atoms with Crippen molar-refractivity contribution in [1.29, 1.82) is 0 Å². The molecule has 0 aliphatic heterocycles. The molecule has 1 nitrogen and oxygen atoms in total. The Morgan fingerprint density at radius 2 is 2.00 bits per heavy atom. The predicted molar refractivity (Wildman–Crippen MR) is 29.1 cm³/mol. The van der Waals surface area contributed by atoms with Crippen LogP contribution in [0.1, 0.15) is 6.92 Å². The van der Waals surface area contributed by atoms with Gasteiger partial charge in [-0.15, -0.1) is 0 Å². The molecule has 0 aromatic heterocycles. The van der Waals surface area contributed by atoms with Crippen molar-refractivity contribution in [1.82, 2.24) is 0 Å². The maximum atomic E-state index is 5.24. The van der Waals surface area contributed by atoms with Crippen LogP contribution >= 0.6 is 0 Å². The summed E-state index contributed by atoms with van der Waals surface area (Å²) < 4.78 is 5.24. The van der Waals surface area contributed by atoms with Crippen LogP contribution in [-0.2, 0) is 3.07 Å². The summed E-state index contributed by atoms with van der Waals surface area (Å²) in [4.78, 5) is 4.46. The van der Waals surface area contributed by atoms with Crippen molar-refractivity contribution in [3.8, 4) is 0 Å². The third kappa shape index (κ3) is 4.76. The van der Waals surface area contributed by atoms with Crippen molar-refractivity contribution in [2.75, 3.05) is 6.61 Å². The molecular formula is C4H11OSn. The average Bonchev–Trinajstić information content (AvgIpc) is 1.35. The molecule has 0 aliphatic carbocycles. The molecule has 0 fully saturated rings. The molecule has 0 unspecified atom stereocenters. The SMILES string of the molecule is CC[O][Sn]([CH3])[CH3]. The van der Waals surface area contributed by atoms with Gasteiger partial charge in [-0.2, -0.15) is 0 Å². The molecule has 1 radical (unpaired) electrons. The van der Waals surface area contributed by atoms with Gasteiger partial charge in [-0.25, -0.2) is 0 Å². The molecule has 0 aliphatic rings. The second-order valence-electron chi connectivity index (χ2n) is 1.34. The van der Waals surface area contributed by atoms with E-state index in [0.29, 0.717) is 0 Å². The van der Waals surface area contributed by atoms with Crippen molar-refractivity contribution >= 4 is 20.2 Å². The molecule has 0 spiro atoms. The second kappa shape index (κ2) is 3.93. The van der Waals surface area contributed by atoms with Crippen LogP contribution < -0.4 is 0 Å². The Balaban J connectivity index is 2.63. The summed E-state index contributed by atoms with van der Waals surface area (Å²) in [5.74, 6) is 0. The van der Waals surface area contributed by atoms with Crippen LogP contribution in [0.3, 0.4) is 0 Å². The molecule has 0 saturated heterocycles. The first-order chi connectivity index (χ1) is 2.77. The second-order valence-corrected chi connectivity index (χ2v) is 7.35. The van der Waals surface area contributed by atoms with Crippen LogP contribution in [0, 0.1) is 0 Å². The van der Waals surface area contributed by atoms with Crippen LogP contribution in [0.15, 0.2) is 0 Å². The van der Waals surface area contributed by atoms with E-state index < -0.39 is 20.2 Å². The van der Waals surface area contributed by atoms with Gasteiger partial charge in [-0.3, -0.25) is 0 Å². The van der Waals surface area contributed by atoms with E-state index in [1.54, 1.807) is 0 Å². The fourth-order valence-electron chi connectivity index (χ4n) is 0.289. The Morgan fingerprint density at radius 1 is 1.50 bits per heavy atom. The zero-order chi connectivity index (χ0) is 4.99. The van der Waals surface area contributed by atoms with Gasteiger partial charge in [0.2, 0.25) is 0 Å². The van der Waals surface area contributed by atoms with Crippen molar-refractivity contribution in [3.63, 3.8) is 0 Å². The molecule has 6 heavy (non-hydrogen) atoms. The fourth-order valence-corrected chi connectivity index (χ4v) is 1.94. The topological polar surface area (TPSA) is 9.23 Å². The van der Waals surface area contributed by atoms with Crippen LogP contribution in [0.4, 0.5) is 0 Å². The van der Waals surface area contributed by atoms with Gasteiger partial charge >= 0.3 is 46.7 Å². The van der Waals surface area contributed by atoms with Crippen LogP contribution in [-0.4, -0.2) is 26.8 Å². The molecule has 0 bridgehead atoms. The van der Waals surface area contributed by atoms with Gasteiger partial charge < -0.3 is 0 Å². The summed E-state index contributed by atoms with van der Waals surface area (Å²) in [6.07, 6.45) is 0. The van der Waals surface area contributed by atoms with E-state index in [1.165, 1.54) is 0 Å². The van der Waals surface area contributed by atoms with Crippen molar-refractivity contribution in [2.24, 2.45) is 0 Å². The van der Waals surface area contributed by atoms with Gasteiger partial charge in [0.05, 0.1) is 0 Å². The van der Waals surface area contributed by atoms with Gasteiger partial charge in [0.1, 0.15) is 0 Å². The van der Waals surface area contributed by atoms with Crippen molar-refractivity contribution < 1.29 is 3.07 Å². The Bertz CT molecular complexity index is 28.7. The molecule has 0 rings (SSSR count). The standard InChI is InChI=1S/C2H5O.2CH3.Sn/c1-2-3;;;/h2H2,1H3;2*1H3;/q-1;;;+1. The average molecular weight is 194 g/mol. The van der Waals surface area contributed by atoms with Crippen molar-refractivity contribution in [3.05, 3.63) is 0 Å². The van der Waals surface area contributed by atoms with E-state index in [1.807, 2.05) is 6.92 Å². The van der Waals surface area contributed by atoms with Crippen molar-refractivity contribution in [2.45, 2.75) is 16.8 Å². The summed E-state index contributed by atoms with van der Waals surface area (Å²) >= 11 is -1.12. The summed E-state index contributed by atoms with van der Waals surface area (Å²) in [6.45, 7) is 2.97. The molecule has 0 N–H and O–H groups in total. The first-order valence-corrected chi connectivity index (χ1v) is 9.07. The third-order valence-corrected chi connectivity index (χ3v) is 2.90. The number of hydrogen-bond acceptors (Lipinski definition) is 1. The zero-order valence-corrected chi connectivity index (χ0v) is 7.47. The molecule has 0 heterocycles. The summed E-state index contributed by atoms with van der Waals surface area (Å²) in [5, 5.41) is 0. The number of rotatable bonds is 2. The fraction of sp³-hybridized carbons (Fsp3) is 1.00. The molecular weight excluding hydrogens is 183 g/mol. The summed E-state index contributed by atoms with van der Waals surface area (Å²) in [5.41, 5.74) is 0.